The van der Waals surface area contributed by atoms with Crippen molar-refractivity contribution in [2.75, 3.05) is 32.4 Å². The molecular formula is C14H17N3O3. The number of nitrogens with zero attached hydrogens (tertiary/aromatic N) is 1. The molecule has 1 heterocycles. The van der Waals surface area contributed by atoms with E-state index >= 15 is 0 Å². The van der Waals surface area contributed by atoms with Crippen LogP contribution < -0.4 is 25.3 Å². The van der Waals surface area contributed by atoms with E-state index in [0.29, 0.717) is 23.1 Å². The summed E-state index contributed by atoms with van der Waals surface area (Å²) in [5, 5.41) is 3.15. The van der Waals surface area contributed by atoms with Crippen LogP contribution >= 0.6 is 0 Å². The van der Waals surface area contributed by atoms with Gasteiger partial charge in [-0.1, -0.05) is 0 Å². The number of rotatable bonds is 5. The van der Waals surface area contributed by atoms with Crippen LogP contribution in [0.3, 0.4) is 0 Å². The topological polar surface area (TPSA) is 78.6 Å². The van der Waals surface area contributed by atoms with Crippen molar-refractivity contribution >= 4 is 17.2 Å². The molecule has 2 aromatic rings. The Bertz CT molecular complexity index is 602. The largest absolute Gasteiger partial charge is 0.497 e. The van der Waals surface area contributed by atoms with E-state index in [2.05, 4.69) is 10.3 Å². The van der Waals surface area contributed by atoms with Crippen LogP contribution in [-0.2, 0) is 0 Å². The summed E-state index contributed by atoms with van der Waals surface area (Å²) < 4.78 is 15.6. The summed E-state index contributed by atoms with van der Waals surface area (Å²) in [6.45, 7) is 0. The van der Waals surface area contributed by atoms with Gasteiger partial charge in [-0.2, -0.15) is 4.98 Å². The monoisotopic (exact) mass is 275 g/mol. The highest BCUT2D eigenvalue weighted by Crippen LogP contribution is 2.32. The highest BCUT2D eigenvalue weighted by atomic mass is 16.5. The van der Waals surface area contributed by atoms with E-state index in [1.165, 1.54) is 7.11 Å². The standard InChI is InChI=1S/C14H17N3O3/c1-18-9-4-6-12(19-2)11(8-9)16-13-7-5-10(15)14(17-13)20-3/h4-8H,15H2,1-3H3,(H,16,17). The normalized spacial score (nSPS) is 9.95. The maximum absolute atomic E-state index is 5.74. The zero-order valence-electron chi connectivity index (χ0n) is 11.6. The third kappa shape index (κ3) is 2.85. The maximum Gasteiger partial charge on any atom is 0.238 e. The Morgan fingerprint density at radius 1 is 1.00 bits per heavy atom. The molecule has 0 aliphatic carbocycles. The number of hydrogen-bond acceptors (Lipinski definition) is 6. The molecule has 0 saturated heterocycles. The van der Waals surface area contributed by atoms with Gasteiger partial charge in [0, 0.05) is 6.07 Å². The Labute approximate surface area is 117 Å². The highest BCUT2D eigenvalue weighted by Gasteiger charge is 2.08. The molecule has 0 unspecified atom stereocenters. The first kappa shape index (κ1) is 13.8. The molecule has 0 atom stereocenters. The van der Waals surface area contributed by atoms with Crippen LogP contribution in [0.25, 0.3) is 0 Å². The second kappa shape index (κ2) is 6.01. The summed E-state index contributed by atoms with van der Waals surface area (Å²) in [5.41, 5.74) is 6.96. The lowest BCUT2D eigenvalue weighted by Crippen LogP contribution is -2.01. The van der Waals surface area contributed by atoms with Crippen molar-refractivity contribution in [2.24, 2.45) is 0 Å². The molecule has 0 radical (unpaired) electrons. The molecule has 0 amide bonds. The number of nitrogen functional groups attached to an aromatic ring is 1. The number of hydrogen-bond donors (Lipinski definition) is 2. The summed E-state index contributed by atoms with van der Waals surface area (Å²) >= 11 is 0. The Morgan fingerprint density at radius 3 is 2.45 bits per heavy atom. The number of aromatic nitrogens is 1. The van der Waals surface area contributed by atoms with Crippen LogP contribution in [0.2, 0.25) is 0 Å². The zero-order chi connectivity index (χ0) is 14.5. The fourth-order valence-corrected chi connectivity index (χ4v) is 1.73. The molecule has 6 nitrogen and oxygen atoms in total. The van der Waals surface area contributed by atoms with Crippen LogP contribution in [0.15, 0.2) is 30.3 Å². The summed E-state index contributed by atoms with van der Waals surface area (Å²) in [6, 6.07) is 8.94. The Kier molecular flexibility index (Phi) is 4.14. The van der Waals surface area contributed by atoms with E-state index in [1.54, 1.807) is 26.4 Å². The first-order valence-corrected chi connectivity index (χ1v) is 5.97. The molecule has 1 aromatic heterocycles. The molecule has 20 heavy (non-hydrogen) atoms. The molecule has 3 N–H and O–H groups in total. The SMILES string of the molecule is COc1ccc(OC)c(Nc2ccc(N)c(OC)n2)c1. The first-order chi connectivity index (χ1) is 9.67. The summed E-state index contributed by atoms with van der Waals surface area (Å²) in [7, 11) is 4.73. The number of ether oxygens (including phenoxy) is 3. The van der Waals surface area contributed by atoms with Crippen molar-refractivity contribution in [3.63, 3.8) is 0 Å². The van der Waals surface area contributed by atoms with Gasteiger partial charge in [-0.3, -0.25) is 0 Å². The Balaban J connectivity index is 2.33. The molecule has 106 valence electrons. The van der Waals surface area contributed by atoms with Crippen LogP contribution in [0.1, 0.15) is 0 Å². The van der Waals surface area contributed by atoms with E-state index in [4.69, 9.17) is 19.9 Å². The second-order valence-corrected chi connectivity index (χ2v) is 3.99. The fraction of sp³-hybridized carbons (Fsp3) is 0.214. The number of nitrogens with two attached hydrogens (primary N) is 1. The molecule has 0 fully saturated rings. The Morgan fingerprint density at radius 2 is 1.80 bits per heavy atom. The number of nitrogens with one attached hydrogen (secondary N) is 1. The maximum atomic E-state index is 5.74. The molecule has 6 heteroatoms. The third-order valence-corrected chi connectivity index (χ3v) is 2.75. The predicted molar refractivity (Wildman–Crippen MR) is 78.0 cm³/mol. The van der Waals surface area contributed by atoms with E-state index in [0.717, 1.165) is 11.4 Å². The zero-order valence-corrected chi connectivity index (χ0v) is 11.6. The average Bonchev–Trinajstić information content (AvgIpc) is 2.49. The third-order valence-electron chi connectivity index (χ3n) is 2.75. The van der Waals surface area contributed by atoms with Crippen molar-refractivity contribution < 1.29 is 14.2 Å². The molecule has 1 aromatic carbocycles. The quantitative estimate of drug-likeness (QED) is 0.872. The molecule has 0 saturated carbocycles. The van der Waals surface area contributed by atoms with Gasteiger partial charge in [0.05, 0.1) is 32.7 Å². The second-order valence-electron chi connectivity index (χ2n) is 3.99. The van der Waals surface area contributed by atoms with Gasteiger partial charge < -0.3 is 25.3 Å². The van der Waals surface area contributed by atoms with Crippen LogP contribution in [0.4, 0.5) is 17.2 Å². The van der Waals surface area contributed by atoms with E-state index in [9.17, 15) is 0 Å². The smallest absolute Gasteiger partial charge is 0.238 e. The molecule has 2 rings (SSSR count). The van der Waals surface area contributed by atoms with E-state index in [1.807, 2.05) is 18.2 Å². The van der Waals surface area contributed by atoms with Crippen molar-refractivity contribution in [2.45, 2.75) is 0 Å². The van der Waals surface area contributed by atoms with Gasteiger partial charge in [0.25, 0.3) is 0 Å². The first-order valence-electron chi connectivity index (χ1n) is 5.97. The minimum Gasteiger partial charge on any atom is -0.497 e. The van der Waals surface area contributed by atoms with Gasteiger partial charge in [0.15, 0.2) is 0 Å². The van der Waals surface area contributed by atoms with Crippen LogP contribution in [-0.4, -0.2) is 26.3 Å². The van der Waals surface area contributed by atoms with Gasteiger partial charge >= 0.3 is 0 Å². The average molecular weight is 275 g/mol. The molecule has 0 spiro atoms. The van der Waals surface area contributed by atoms with E-state index in [-0.39, 0.29) is 0 Å². The van der Waals surface area contributed by atoms with Crippen LogP contribution in [0, 0.1) is 0 Å². The molecular weight excluding hydrogens is 258 g/mol. The lowest BCUT2D eigenvalue weighted by atomic mass is 10.2. The van der Waals surface area contributed by atoms with Crippen molar-refractivity contribution in [1.29, 1.82) is 0 Å². The lowest BCUT2D eigenvalue weighted by molar-refractivity contribution is 0.400. The lowest BCUT2D eigenvalue weighted by Gasteiger charge is -2.13. The van der Waals surface area contributed by atoms with Crippen molar-refractivity contribution in [3.05, 3.63) is 30.3 Å². The number of pyridine rings is 1. The predicted octanol–water partition coefficient (Wildman–Crippen LogP) is 2.43. The molecule has 0 aliphatic rings. The summed E-state index contributed by atoms with van der Waals surface area (Å²) in [6.07, 6.45) is 0. The summed E-state index contributed by atoms with van der Waals surface area (Å²) in [5.74, 6) is 2.37. The highest BCUT2D eigenvalue weighted by molar-refractivity contribution is 5.67. The number of benzene rings is 1. The Hall–Kier alpha value is -2.63. The minimum atomic E-state index is 0.372. The van der Waals surface area contributed by atoms with E-state index < -0.39 is 0 Å². The van der Waals surface area contributed by atoms with Gasteiger partial charge in [-0.05, 0) is 24.3 Å². The fourth-order valence-electron chi connectivity index (χ4n) is 1.73. The van der Waals surface area contributed by atoms with Gasteiger partial charge in [0.1, 0.15) is 17.3 Å². The molecule has 0 aliphatic heterocycles. The van der Waals surface area contributed by atoms with Gasteiger partial charge in [-0.15, -0.1) is 0 Å². The van der Waals surface area contributed by atoms with Crippen LogP contribution in [0.5, 0.6) is 17.4 Å². The van der Waals surface area contributed by atoms with Crippen molar-refractivity contribution in [1.82, 2.24) is 4.98 Å². The van der Waals surface area contributed by atoms with Gasteiger partial charge in [-0.25, -0.2) is 0 Å². The molecule has 0 bridgehead atoms. The van der Waals surface area contributed by atoms with Gasteiger partial charge in [0.2, 0.25) is 5.88 Å². The van der Waals surface area contributed by atoms with Crippen molar-refractivity contribution in [3.8, 4) is 17.4 Å². The minimum absolute atomic E-state index is 0.372. The number of methoxy groups -OCH3 is 3. The number of anilines is 3. The summed E-state index contributed by atoms with van der Waals surface area (Å²) in [4.78, 5) is 4.26.